The summed E-state index contributed by atoms with van der Waals surface area (Å²) >= 11 is 0. The topological polar surface area (TPSA) is 53.5 Å². The smallest absolute Gasteiger partial charge is 0.312 e. The average Bonchev–Trinajstić information content (AvgIpc) is 2.47. The molecule has 4 aliphatic carbocycles. The van der Waals surface area contributed by atoms with Crippen molar-refractivity contribution in [2.75, 3.05) is 19.6 Å². The molecule has 2 bridgehead atoms. The van der Waals surface area contributed by atoms with Gasteiger partial charge in [-0.3, -0.25) is 14.6 Å². The molecule has 0 aromatic carbocycles. The fraction of sp³-hybridized carbons (Fsp3) is 0.632. The third-order valence-corrected chi connectivity index (χ3v) is 6.73. The van der Waals surface area contributed by atoms with Gasteiger partial charge in [0.2, 0.25) is 0 Å². The van der Waals surface area contributed by atoms with Crippen LogP contribution >= 0.6 is 0 Å². The van der Waals surface area contributed by atoms with Gasteiger partial charge < -0.3 is 9.80 Å². The van der Waals surface area contributed by atoms with Crippen LogP contribution in [0.2, 0.25) is 0 Å². The Labute approximate surface area is 142 Å². The molecule has 5 nitrogen and oxygen atoms in total. The molecule has 4 saturated carbocycles. The molecule has 2 heterocycles. The number of hydrogen-bond donors (Lipinski definition) is 0. The van der Waals surface area contributed by atoms with Crippen molar-refractivity contribution in [3.8, 4) is 0 Å². The standard InChI is InChI=1S/C19H23N3O2/c23-16-17(24)22(14-4-3-5-14)9-8-21(16)13-18-10-19(11-18,12-18)15-6-1-2-7-20-15/h1-2,6-7,14H,3-5,8-13H2. The van der Waals surface area contributed by atoms with Crippen molar-refractivity contribution in [1.82, 2.24) is 14.8 Å². The van der Waals surface area contributed by atoms with E-state index in [1.165, 1.54) is 12.1 Å². The molecule has 1 aromatic heterocycles. The van der Waals surface area contributed by atoms with E-state index < -0.39 is 0 Å². The van der Waals surface area contributed by atoms with Gasteiger partial charge in [0.15, 0.2) is 0 Å². The van der Waals surface area contributed by atoms with Gasteiger partial charge in [0, 0.05) is 43.0 Å². The Hall–Kier alpha value is -1.91. The first kappa shape index (κ1) is 14.4. The number of rotatable bonds is 4. The van der Waals surface area contributed by atoms with Crippen LogP contribution in [0.5, 0.6) is 0 Å². The largest absolute Gasteiger partial charge is 0.332 e. The molecule has 1 aromatic rings. The lowest BCUT2D eigenvalue weighted by Gasteiger charge is -2.71. The molecule has 0 atom stereocenters. The first-order valence-electron chi connectivity index (χ1n) is 9.12. The molecule has 5 heteroatoms. The Bertz CT molecular complexity index is 678. The molecule has 6 rings (SSSR count). The lowest BCUT2D eigenvalue weighted by atomic mass is 9.34. The Morgan fingerprint density at radius 2 is 1.88 bits per heavy atom. The van der Waals surface area contributed by atoms with Gasteiger partial charge in [-0.2, -0.15) is 0 Å². The van der Waals surface area contributed by atoms with Crippen molar-refractivity contribution >= 4 is 11.8 Å². The normalized spacial score (nSPS) is 35.3. The van der Waals surface area contributed by atoms with E-state index in [1.54, 1.807) is 0 Å². The van der Waals surface area contributed by atoms with Crippen LogP contribution < -0.4 is 0 Å². The zero-order valence-electron chi connectivity index (χ0n) is 13.9. The highest BCUT2D eigenvalue weighted by Gasteiger charge is 2.69. The minimum Gasteiger partial charge on any atom is -0.332 e. The maximum Gasteiger partial charge on any atom is 0.312 e. The second-order valence-corrected chi connectivity index (χ2v) is 8.34. The van der Waals surface area contributed by atoms with E-state index in [9.17, 15) is 9.59 Å². The first-order chi connectivity index (χ1) is 11.6. The number of amides is 2. The van der Waals surface area contributed by atoms with Crippen LogP contribution in [-0.4, -0.2) is 52.3 Å². The van der Waals surface area contributed by atoms with Gasteiger partial charge in [-0.15, -0.1) is 0 Å². The van der Waals surface area contributed by atoms with Crippen molar-refractivity contribution in [2.24, 2.45) is 5.41 Å². The van der Waals surface area contributed by atoms with Crippen LogP contribution in [0.3, 0.4) is 0 Å². The van der Waals surface area contributed by atoms with E-state index in [0.29, 0.717) is 12.6 Å². The van der Waals surface area contributed by atoms with Gasteiger partial charge in [0.25, 0.3) is 0 Å². The van der Waals surface area contributed by atoms with Crippen LogP contribution in [0.1, 0.15) is 44.2 Å². The second-order valence-electron chi connectivity index (χ2n) is 8.34. The fourth-order valence-corrected chi connectivity index (χ4v) is 5.41. The van der Waals surface area contributed by atoms with Crippen molar-refractivity contribution in [3.63, 3.8) is 0 Å². The van der Waals surface area contributed by atoms with E-state index in [2.05, 4.69) is 17.1 Å². The predicted octanol–water partition coefficient (Wildman–Crippen LogP) is 1.73. The summed E-state index contributed by atoms with van der Waals surface area (Å²) in [6.07, 6.45) is 8.52. The van der Waals surface area contributed by atoms with Crippen LogP contribution in [0, 0.1) is 5.41 Å². The number of carbonyl (C=O) groups is 2. The highest BCUT2D eigenvalue weighted by molar-refractivity contribution is 6.35. The molecule has 0 radical (unpaired) electrons. The molecule has 126 valence electrons. The highest BCUT2D eigenvalue weighted by Crippen LogP contribution is 2.73. The Morgan fingerprint density at radius 3 is 2.50 bits per heavy atom. The summed E-state index contributed by atoms with van der Waals surface area (Å²) in [5.74, 6) is -0.540. The maximum atomic E-state index is 12.5. The zero-order valence-corrected chi connectivity index (χ0v) is 13.9. The third kappa shape index (κ3) is 1.90. The third-order valence-electron chi connectivity index (χ3n) is 6.73. The van der Waals surface area contributed by atoms with Crippen LogP contribution in [0.25, 0.3) is 0 Å². The summed E-state index contributed by atoms with van der Waals surface area (Å²) in [5, 5.41) is 0. The monoisotopic (exact) mass is 325 g/mol. The lowest BCUT2D eigenvalue weighted by Crippen LogP contribution is -2.70. The summed E-state index contributed by atoms with van der Waals surface area (Å²) in [6, 6.07) is 6.45. The van der Waals surface area contributed by atoms with Crippen molar-refractivity contribution < 1.29 is 9.59 Å². The molecular formula is C19H23N3O2. The van der Waals surface area contributed by atoms with E-state index in [-0.39, 0.29) is 22.6 Å². The minimum atomic E-state index is -0.273. The maximum absolute atomic E-state index is 12.5. The number of aromatic nitrogens is 1. The van der Waals surface area contributed by atoms with Gasteiger partial charge in [0.1, 0.15) is 0 Å². The van der Waals surface area contributed by atoms with Gasteiger partial charge in [-0.25, -0.2) is 0 Å². The number of hydrogen-bond acceptors (Lipinski definition) is 3. The molecular weight excluding hydrogens is 302 g/mol. The molecule has 5 aliphatic rings. The SMILES string of the molecule is O=C1C(=O)N(C2CCC2)CCN1CC12CC(c3ccccn3)(C1)C2. The molecule has 0 unspecified atom stereocenters. The summed E-state index contributed by atoms with van der Waals surface area (Å²) in [5.41, 5.74) is 1.69. The molecule has 24 heavy (non-hydrogen) atoms. The predicted molar refractivity (Wildman–Crippen MR) is 88.1 cm³/mol. The Balaban J connectivity index is 1.22. The number of piperazine rings is 1. The van der Waals surface area contributed by atoms with E-state index in [0.717, 1.165) is 45.2 Å². The zero-order chi connectivity index (χ0) is 16.4. The van der Waals surface area contributed by atoms with E-state index in [1.807, 2.05) is 22.1 Å². The molecule has 0 N–H and O–H groups in total. The first-order valence-corrected chi connectivity index (χ1v) is 9.12. The molecule has 0 spiro atoms. The number of nitrogens with zero attached hydrogens (tertiary/aromatic N) is 3. The summed E-state index contributed by atoms with van der Waals surface area (Å²) in [7, 11) is 0. The van der Waals surface area contributed by atoms with Crippen LogP contribution in [-0.2, 0) is 15.0 Å². The molecule has 5 fully saturated rings. The Morgan fingerprint density at radius 1 is 1.08 bits per heavy atom. The van der Waals surface area contributed by atoms with Crippen LogP contribution in [0.15, 0.2) is 24.4 Å². The van der Waals surface area contributed by atoms with Crippen molar-refractivity contribution in [3.05, 3.63) is 30.1 Å². The summed E-state index contributed by atoms with van der Waals surface area (Å²) in [6.45, 7) is 2.18. The molecule has 1 aliphatic heterocycles. The summed E-state index contributed by atoms with van der Waals surface area (Å²) < 4.78 is 0. The van der Waals surface area contributed by atoms with Crippen molar-refractivity contribution in [1.29, 1.82) is 0 Å². The average molecular weight is 325 g/mol. The molecule has 1 saturated heterocycles. The number of carbonyl (C=O) groups excluding carboxylic acids is 2. The van der Waals surface area contributed by atoms with Gasteiger partial charge in [-0.1, -0.05) is 6.07 Å². The van der Waals surface area contributed by atoms with Gasteiger partial charge in [-0.05, 0) is 56.1 Å². The van der Waals surface area contributed by atoms with E-state index >= 15 is 0 Å². The van der Waals surface area contributed by atoms with Gasteiger partial charge >= 0.3 is 11.8 Å². The van der Waals surface area contributed by atoms with Crippen molar-refractivity contribution in [2.45, 2.75) is 50.0 Å². The highest BCUT2D eigenvalue weighted by atomic mass is 16.2. The molecule has 2 amide bonds. The second kappa shape index (κ2) is 4.80. The minimum absolute atomic E-state index is 0.242. The van der Waals surface area contributed by atoms with Gasteiger partial charge in [0.05, 0.1) is 0 Å². The Kier molecular flexibility index (Phi) is 2.89. The quantitative estimate of drug-likeness (QED) is 0.792. The summed E-state index contributed by atoms with van der Waals surface area (Å²) in [4.78, 5) is 33.0. The number of pyridine rings is 1. The lowest BCUT2D eigenvalue weighted by molar-refractivity contribution is -0.177. The fourth-order valence-electron chi connectivity index (χ4n) is 5.41. The van der Waals surface area contributed by atoms with Crippen LogP contribution in [0.4, 0.5) is 0 Å². The van der Waals surface area contributed by atoms with E-state index in [4.69, 9.17) is 0 Å².